The molecule has 0 bridgehead atoms. The Morgan fingerprint density at radius 3 is 2.75 bits per heavy atom. The molecule has 2 aromatic carbocycles. The second kappa shape index (κ2) is 5.79. The summed E-state index contributed by atoms with van der Waals surface area (Å²) in [7, 11) is 0. The minimum absolute atomic E-state index is 0.0441. The van der Waals surface area contributed by atoms with Gasteiger partial charge in [-0.3, -0.25) is 9.36 Å². The number of nitrogens with zero attached hydrogens (tertiary/aromatic N) is 2. The van der Waals surface area contributed by atoms with E-state index in [2.05, 4.69) is 26.2 Å². The van der Waals surface area contributed by atoms with E-state index in [0.29, 0.717) is 12.2 Å². The summed E-state index contributed by atoms with van der Waals surface area (Å²) >= 11 is 3.47. The zero-order valence-electron chi connectivity index (χ0n) is 12.6. The van der Waals surface area contributed by atoms with Crippen LogP contribution in [0.2, 0.25) is 0 Å². The van der Waals surface area contributed by atoms with E-state index in [4.69, 9.17) is 0 Å². The maximum Gasteiger partial charge on any atom is 0.226 e. The first-order valence-corrected chi connectivity index (χ1v) is 8.33. The summed E-state index contributed by atoms with van der Waals surface area (Å²) in [5.41, 5.74) is 2.72. The van der Waals surface area contributed by atoms with Crippen molar-refractivity contribution in [3.8, 4) is 11.4 Å². The van der Waals surface area contributed by atoms with Gasteiger partial charge < -0.3 is 10.4 Å². The Morgan fingerprint density at radius 1 is 1.21 bits per heavy atom. The average molecular weight is 384 g/mol. The van der Waals surface area contributed by atoms with Gasteiger partial charge in [-0.05, 0) is 35.9 Å². The Bertz CT molecular complexity index is 918. The van der Waals surface area contributed by atoms with E-state index in [1.807, 2.05) is 41.0 Å². The highest BCUT2D eigenvalue weighted by Crippen LogP contribution is 2.37. The number of fused-ring (bicyclic) bond motifs is 1. The second-order valence-electron chi connectivity index (χ2n) is 5.72. The summed E-state index contributed by atoms with van der Waals surface area (Å²) < 4.78 is 2.84. The zero-order valence-corrected chi connectivity index (χ0v) is 14.2. The number of phenols is 1. The predicted octanol–water partition coefficient (Wildman–Crippen LogP) is 3.81. The van der Waals surface area contributed by atoms with Crippen LogP contribution in [0.1, 0.15) is 23.6 Å². The number of nitrogens with one attached hydrogen (secondary N) is 1. The van der Waals surface area contributed by atoms with Crippen molar-refractivity contribution >= 4 is 27.7 Å². The van der Waals surface area contributed by atoms with Crippen LogP contribution in [0.4, 0.5) is 5.82 Å². The fraction of sp³-hybridized carbons (Fsp3) is 0.111. The van der Waals surface area contributed by atoms with E-state index >= 15 is 0 Å². The first kappa shape index (κ1) is 15.0. The highest BCUT2D eigenvalue weighted by Gasteiger charge is 2.30. The molecule has 0 unspecified atom stereocenters. The number of aromatic nitrogens is 2. The van der Waals surface area contributed by atoms with Crippen LogP contribution >= 0.6 is 15.9 Å². The first-order valence-electron chi connectivity index (χ1n) is 7.54. The number of carbonyl (C=O) groups is 1. The normalized spacial score (nSPS) is 16.5. The molecule has 0 spiro atoms. The van der Waals surface area contributed by atoms with Crippen molar-refractivity contribution in [3.63, 3.8) is 0 Å². The second-order valence-corrected chi connectivity index (χ2v) is 6.64. The molecule has 2 heterocycles. The van der Waals surface area contributed by atoms with Gasteiger partial charge in [-0.1, -0.05) is 34.1 Å². The van der Waals surface area contributed by atoms with Gasteiger partial charge in [-0.2, -0.15) is 0 Å². The SMILES string of the molecule is O=C1C[C@@H](c2ccc(O)cc2)c2ncn(-c3cccc(Br)c3)c2N1. The third kappa shape index (κ3) is 2.59. The van der Waals surface area contributed by atoms with Crippen molar-refractivity contribution in [3.05, 3.63) is 70.6 Å². The minimum atomic E-state index is -0.122. The van der Waals surface area contributed by atoms with Crippen LogP contribution in [-0.4, -0.2) is 20.6 Å². The molecular formula is C18H14BrN3O2. The van der Waals surface area contributed by atoms with Gasteiger partial charge in [0.05, 0.1) is 5.69 Å². The topological polar surface area (TPSA) is 67.1 Å². The molecule has 1 aromatic heterocycles. The molecule has 120 valence electrons. The number of amides is 1. The highest BCUT2D eigenvalue weighted by molar-refractivity contribution is 9.10. The van der Waals surface area contributed by atoms with Gasteiger partial charge in [-0.25, -0.2) is 4.98 Å². The molecule has 1 atom stereocenters. The predicted molar refractivity (Wildman–Crippen MR) is 94.5 cm³/mol. The van der Waals surface area contributed by atoms with E-state index in [1.165, 1.54) is 0 Å². The fourth-order valence-corrected chi connectivity index (χ4v) is 3.40. The van der Waals surface area contributed by atoms with E-state index in [1.54, 1.807) is 18.5 Å². The summed E-state index contributed by atoms with van der Waals surface area (Å²) in [5.74, 6) is 0.737. The Labute approximate surface area is 147 Å². The van der Waals surface area contributed by atoms with E-state index in [9.17, 15) is 9.90 Å². The molecule has 0 saturated heterocycles. The number of anilines is 1. The van der Waals surface area contributed by atoms with Gasteiger partial charge in [0.25, 0.3) is 0 Å². The number of imidazole rings is 1. The Hall–Kier alpha value is -2.60. The van der Waals surface area contributed by atoms with E-state index < -0.39 is 0 Å². The summed E-state index contributed by atoms with van der Waals surface area (Å²) in [6.45, 7) is 0. The van der Waals surface area contributed by atoms with E-state index in [-0.39, 0.29) is 17.6 Å². The summed E-state index contributed by atoms with van der Waals surface area (Å²) in [6, 6.07) is 14.8. The fourth-order valence-electron chi connectivity index (χ4n) is 3.01. The van der Waals surface area contributed by atoms with Gasteiger partial charge >= 0.3 is 0 Å². The molecule has 0 radical (unpaired) electrons. The molecule has 24 heavy (non-hydrogen) atoms. The molecule has 2 N–H and O–H groups in total. The van der Waals surface area contributed by atoms with Crippen LogP contribution in [0.5, 0.6) is 5.75 Å². The number of benzene rings is 2. The van der Waals surface area contributed by atoms with Crippen LogP contribution in [-0.2, 0) is 4.79 Å². The number of halogens is 1. The number of rotatable bonds is 2. The summed E-state index contributed by atoms with van der Waals surface area (Å²) in [4.78, 5) is 16.8. The molecule has 3 aromatic rings. The van der Waals surface area contributed by atoms with E-state index in [0.717, 1.165) is 21.4 Å². The molecule has 0 aliphatic carbocycles. The lowest BCUT2D eigenvalue weighted by molar-refractivity contribution is -0.116. The van der Waals surface area contributed by atoms with Gasteiger partial charge in [0.15, 0.2) is 0 Å². The highest BCUT2D eigenvalue weighted by atomic mass is 79.9. The molecule has 0 fully saturated rings. The molecule has 1 aliphatic heterocycles. The lowest BCUT2D eigenvalue weighted by Crippen LogP contribution is -2.24. The maximum atomic E-state index is 12.2. The molecule has 6 heteroatoms. The quantitative estimate of drug-likeness (QED) is 0.706. The Morgan fingerprint density at radius 2 is 2.00 bits per heavy atom. The molecule has 1 aliphatic rings. The van der Waals surface area contributed by atoms with Crippen molar-refractivity contribution in [2.45, 2.75) is 12.3 Å². The average Bonchev–Trinajstić information content (AvgIpc) is 2.98. The van der Waals surface area contributed by atoms with Crippen LogP contribution in [0, 0.1) is 0 Å². The smallest absolute Gasteiger partial charge is 0.226 e. The first-order chi connectivity index (χ1) is 11.6. The van der Waals surface area contributed by atoms with Gasteiger partial charge in [0.2, 0.25) is 5.91 Å². The number of aromatic hydroxyl groups is 1. The van der Waals surface area contributed by atoms with Gasteiger partial charge in [-0.15, -0.1) is 0 Å². The largest absolute Gasteiger partial charge is 0.508 e. The maximum absolute atomic E-state index is 12.2. The van der Waals surface area contributed by atoms with Crippen LogP contribution in [0.15, 0.2) is 59.3 Å². The van der Waals surface area contributed by atoms with Gasteiger partial charge in [0, 0.05) is 22.5 Å². The minimum Gasteiger partial charge on any atom is -0.508 e. The molecular weight excluding hydrogens is 370 g/mol. The van der Waals surface area contributed by atoms with Crippen LogP contribution in [0.25, 0.3) is 5.69 Å². The third-order valence-corrected chi connectivity index (χ3v) is 4.65. The standard InChI is InChI=1S/C18H14BrN3O2/c19-12-2-1-3-13(8-12)22-10-20-17-15(9-16(24)21-18(17)22)11-4-6-14(23)7-5-11/h1-8,10,15,23H,9H2,(H,21,24)/t15-/m0/s1. The van der Waals surface area contributed by atoms with Crippen molar-refractivity contribution in [1.82, 2.24) is 9.55 Å². The van der Waals surface area contributed by atoms with Crippen molar-refractivity contribution < 1.29 is 9.90 Å². The van der Waals surface area contributed by atoms with Crippen molar-refractivity contribution in [2.24, 2.45) is 0 Å². The number of carbonyl (C=O) groups excluding carboxylic acids is 1. The summed E-state index contributed by atoms with van der Waals surface area (Å²) in [6.07, 6.45) is 2.07. The number of hydrogen-bond acceptors (Lipinski definition) is 3. The van der Waals surface area contributed by atoms with Crippen molar-refractivity contribution in [2.75, 3.05) is 5.32 Å². The Kier molecular flexibility index (Phi) is 3.61. The van der Waals surface area contributed by atoms with Crippen molar-refractivity contribution in [1.29, 1.82) is 0 Å². The molecule has 1 amide bonds. The Balaban J connectivity index is 1.81. The number of hydrogen-bond donors (Lipinski definition) is 2. The van der Waals surface area contributed by atoms with Crippen LogP contribution in [0.3, 0.4) is 0 Å². The summed E-state index contributed by atoms with van der Waals surface area (Å²) in [5, 5.41) is 12.4. The monoisotopic (exact) mass is 383 g/mol. The zero-order chi connectivity index (χ0) is 16.7. The molecule has 0 saturated carbocycles. The third-order valence-electron chi connectivity index (χ3n) is 4.16. The number of phenolic OH excluding ortho intramolecular Hbond substituents is 1. The molecule has 5 nitrogen and oxygen atoms in total. The van der Waals surface area contributed by atoms with Gasteiger partial charge in [0.1, 0.15) is 17.9 Å². The van der Waals surface area contributed by atoms with Crippen LogP contribution < -0.4 is 5.32 Å². The lowest BCUT2D eigenvalue weighted by Gasteiger charge is -2.23. The lowest BCUT2D eigenvalue weighted by atomic mass is 9.90. The molecule has 4 rings (SSSR count).